The van der Waals surface area contributed by atoms with Gasteiger partial charge in [-0.15, -0.1) is 39.5 Å². The number of ether oxygens (including phenoxy) is 3. The minimum absolute atomic E-state index is 0.0361. The van der Waals surface area contributed by atoms with Gasteiger partial charge in [-0.1, -0.05) is 150 Å². The van der Waals surface area contributed by atoms with Gasteiger partial charge in [-0.25, -0.2) is 29.6 Å². The molecule has 0 radical (unpaired) electrons. The van der Waals surface area contributed by atoms with Crippen molar-refractivity contribution in [2.45, 2.75) is 163 Å². The van der Waals surface area contributed by atoms with E-state index in [1.165, 1.54) is 36.5 Å². The number of nitrogens with zero attached hydrogens (tertiary/aromatic N) is 3. The third-order valence-corrected chi connectivity index (χ3v) is 16.8. The van der Waals surface area contributed by atoms with Crippen molar-refractivity contribution in [2.75, 3.05) is 42.5 Å². The topological polar surface area (TPSA) is 168 Å². The third kappa shape index (κ3) is 28.1. The first-order valence-electron chi connectivity index (χ1n) is 33.4. The molecule has 0 heterocycles. The number of hydroxylamine groups is 6. The lowest BCUT2D eigenvalue weighted by molar-refractivity contribution is -0.170. The molecular weight excluding hydrogens is 1220 g/mol. The molecule has 5 rings (SSSR count). The van der Waals surface area contributed by atoms with E-state index in [1.807, 2.05) is 164 Å². The van der Waals surface area contributed by atoms with Crippen LogP contribution < -0.4 is 0 Å². The summed E-state index contributed by atoms with van der Waals surface area (Å²) in [5.74, 6) is -1.18. The fourth-order valence-electron chi connectivity index (χ4n) is 11.8. The lowest BCUT2D eigenvalue weighted by atomic mass is 9.87. The summed E-state index contributed by atoms with van der Waals surface area (Å²) in [6.07, 6.45) is 18.9. The average Bonchev–Trinajstić information content (AvgIpc) is 0.839. The maximum absolute atomic E-state index is 13.5. The van der Waals surface area contributed by atoms with E-state index in [4.69, 9.17) is 28.7 Å². The van der Waals surface area contributed by atoms with Crippen LogP contribution in [0.2, 0.25) is 0 Å². The second kappa shape index (κ2) is 44.1. The smallest absolute Gasteiger partial charge is 0.339 e. The van der Waals surface area contributed by atoms with Crippen molar-refractivity contribution in [3.05, 3.63) is 251 Å². The highest BCUT2D eigenvalue weighted by Gasteiger charge is 2.29. The number of esters is 3. The SMILES string of the molecule is C=CCCC(CC(=O)N(C)OC)Cc1cc(C)cc(C)c1C(=O)O[C@@H](C)CC=C.C=CCCC(CC(=O)N(C)OC)Cc1cc(C)cc(C)c1C(=O)O[C@@H](CC=C)c1ccccc1.C=CCCC(CC(=O)N(C)OC)Cc1cc(C)cc(C)c1C(=O)O[C@H](CC=C)c1ccccc1. The summed E-state index contributed by atoms with van der Waals surface area (Å²) in [6.45, 7) is 36.5. The van der Waals surface area contributed by atoms with Gasteiger partial charge >= 0.3 is 17.9 Å². The molecule has 5 aromatic carbocycles. The average molecular weight is 1330 g/mol. The molecule has 0 saturated heterocycles. The van der Waals surface area contributed by atoms with Gasteiger partial charge in [-0.3, -0.25) is 28.9 Å². The first-order chi connectivity index (χ1) is 46.3. The van der Waals surface area contributed by atoms with E-state index in [1.54, 1.807) is 39.4 Å². The van der Waals surface area contributed by atoms with E-state index >= 15 is 0 Å². The predicted molar refractivity (Wildman–Crippen MR) is 389 cm³/mol. The molecule has 15 nitrogen and oxygen atoms in total. The molecule has 0 aliphatic heterocycles. The molecule has 0 aliphatic rings. The Morgan fingerprint density at radius 2 is 0.680 bits per heavy atom. The number of carbonyl (C=O) groups excluding carboxylic acids is 6. The summed E-state index contributed by atoms with van der Waals surface area (Å²) < 4.78 is 17.6. The highest BCUT2D eigenvalue weighted by Crippen LogP contribution is 2.32. The standard InChI is InChI=1S/2C29H37NO4.C24H35NO4/c2*1-7-9-14-23(20-27(31)30(5)33-6)19-25-18-21(3)17-22(4)28(25)29(32)34-26(13-8-2)24-15-11-10-12-16-24;1-8-10-12-20(16-22(26)25(6)28-7)15-21-14-17(3)13-18(4)23(21)24(27)29-19(5)11-9-2/h2*7-8,10-12,15-18,23,26H,1-2,9,13-14,19-20H2,3-6H3;8-9,13-14,19-20H,1-2,10-12,15-16H2,3-7H3/t2*23?,26-;19-,20?/m100/s1. The quantitative estimate of drug-likeness (QED) is 0.0159. The summed E-state index contributed by atoms with van der Waals surface area (Å²) in [6, 6.07) is 31.5. The first-order valence-corrected chi connectivity index (χ1v) is 33.4. The molecule has 3 amide bonds. The lowest BCUT2D eigenvalue weighted by Gasteiger charge is -2.23. The number of benzene rings is 5. The van der Waals surface area contributed by atoms with Gasteiger partial charge in [0.05, 0.1) is 38.0 Å². The van der Waals surface area contributed by atoms with Crippen molar-refractivity contribution in [2.24, 2.45) is 17.8 Å². The number of hydrogen-bond acceptors (Lipinski definition) is 12. The summed E-state index contributed by atoms with van der Waals surface area (Å²) in [5, 5.41) is 3.74. The van der Waals surface area contributed by atoms with Crippen LogP contribution in [0.4, 0.5) is 0 Å². The van der Waals surface area contributed by atoms with Crippen molar-refractivity contribution in [1.82, 2.24) is 15.2 Å². The predicted octanol–water partition coefficient (Wildman–Crippen LogP) is 17.6. The van der Waals surface area contributed by atoms with E-state index in [0.717, 1.165) is 99.7 Å². The van der Waals surface area contributed by atoms with Gasteiger partial charge in [0, 0.05) is 59.7 Å². The molecule has 0 aromatic heterocycles. The maximum Gasteiger partial charge on any atom is 0.339 e. The Balaban J connectivity index is 0.000000381. The van der Waals surface area contributed by atoms with E-state index in [0.29, 0.717) is 74.5 Å². The molecule has 15 heteroatoms. The molecule has 97 heavy (non-hydrogen) atoms. The van der Waals surface area contributed by atoms with Crippen LogP contribution in [0, 0.1) is 59.3 Å². The van der Waals surface area contributed by atoms with E-state index in [9.17, 15) is 28.8 Å². The largest absolute Gasteiger partial charge is 0.459 e. The van der Waals surface area contributed by atoms with Gasteiger partial charge in [-0.2, -0.15) is 0 Å². The van der Waals surface area contributed by atoms with Crippen LogP contribution in [0.1, 0.15) is 188 Å². The molecule has 3 unspecified atom stereocenters. The Hall–Kier alpha value is -8.76. The second-order valence-corrected chi connectivity index (χ2v) is 24.9. The van der Waals surface area contributed by atoms with Gasteiger partial charge in [0.1, 0.15) is 18.3 Å². The Kier molecular flexibility index (Phi) is 37.5. The molecule has 0 aliphatic carbocycles. The van der Waals surface area contributed by atoms with Gasteiger partial charge in [-0.05, 0) is 169 Å². The third-order valence-electron chi connectivity index (χ3n) is 16.8. The second-order valence-electron chi connectivity index (χ2n) is 24.9. The molecule has 5 aromatic rings. The van der Waals surface area contributed by atoms with Crippen molar-refractivity contribution in [1.29, 1.82) is 0 Å². The summed E-state index contributed by atoms with van der Waals surface area (Å²) in [5.41, 5.74) is 12.2. The number of allylic oxidation sites excluding steroid dienone is 3. The first kappa shape index (κ1) is 82.5. The number of hydrogen-bond donors (Lipinski definition) is 0. The van der Waals surface area contributed by atoms with E-state index < -0.39 is 12.2 Å². The zero-order valence-corrected chi connectivity index (χ0v) is 60.3. The summed E-state index contributed by atoms with van der Waals surface area (Å²) >= 11 is 0. The highest BCUT2D eigenvalue weighted by molar-refractivity contribution is 5.94. The van der Waals surface area contributed by atoms with E-state index in [-0.39, 0.29) is 59.5 Å². The van der Waals surface area contributed by atoms with Gasteiger partial charge in [0.15, 0.2) is 0 Å². The minimum atomic E-state index is -0.409. The number of carbonyl (C=O) groups is 6. The Labute approximate surface area is 579 Å². The zero-order chi connectivity index (χ0) is 72.1. The van der Waals surface area contributed by atoms with Crippen LogP contribution in [0.5, 0.6) is 0 Å². The van der Waals surface area contributed by atoms with Crippen LogP contribution in [-0.2, 0) is 62.4 Å². The molecule has 0 N–H and O–H groups in total. The number of amides is 3. The normalized spacial score (nSPS) is 12.5. The zero-order valence-electron chi connectivity index (χ0n) is 60.3. The van der Waals surface area contributed by atoms with Crippen molar-refractivity contribution < 1.29 is 57.5 Å². The van der Waals surface area contributed by atoms with Crippen LogP contribution in [-0.4, -0.2) is 99.4 Å². The summed E-state index contributed by atoms with van der Waals surface area (Å²) in [7, 11) is 9.24. The molecule has 0 fully saturated rings. The van der Waals surface area contributed by atoms with Crippen LogP contribution in [0.15, 0.2) is 173 Å². The van der Waals surface area contributed by atoms with Crippen molar-refractivity contribution >= 4 is 35.6 Å². The molecule has 0 bridgehead atoms. The van der Waals surface area contributed by atoms with E-state index in [2.05, 4.69) is 39.5 Å². The van der Waals surface area contributed by atoms with Crippen LogP contribution in [0.25, 0.3) is 0 Å². The fraction of sp³-hybridized carbons (Fsp3) is 0.415. The van der Waals surface area contributed by atoms with Crippen molar-refractivity contribution in [3.63, 3.8) is 0 Å². The number of aryl methyl sites for hydroxylation is 6. The maximum atomic E-state index is 13.5. The molecular formula is C82H109N3O12. The summed E-state index contributed by atoms with van der Waals surface area (Å²) in [4.78, 5) is 92.4. The van der Waals surface area contributed by atoms with Crippen LogP contribution >= 0.6 is 0 Å². The van der Waals surface area contributed by atoms with Crippen molar-refractivity contribution in [3.8, 4) is 0 Å². The lowest BCUT2D eigenvalue weighted by Crippen LogP contribution is -2.28. The Morgan fingerprint density at radius 1 is 0.402 bits per heavy atom. The van der Waals surface area contributed by atoms with Gasteiger partial charge in [0.2, 0.25) is 17.7 Å². The molecule has 0 saturated carbocycles. The highest BCUT2D eigenvalue weighted by atomic mass is 16.7. The fourth-order valence-corrected chi connectivity index (χ4v) is 11.8. The van der Waals surface area contributed by atoms with Gasteiger partial charge in [0.25, 0.3) is 0 Å². The molecule has 6 atom stereocenters. The molecule has 524 valence electrons. The van der Waals surface area contributed by atoms with Crippen LogP contribution in [0.3, 0.4) is 0 Å². The Bertz CT molecular complexity index is 3230. The minimum Gasteiger partial charge on any atom is -0.459 e. The molecule has 0 spiro atoms. The number of rotatable bonds is 38. The Morgan fingerprint density at radius 3 is 0.938 bits per heavy atom. The van der Waals surface area contributed by atoms with Gasteiger partial charge < -0.3 is 14.2 Å². The monoisotopic (exact) mass is 1330 g/mol.